The van der Waals surface area contributed by atoms with Gasteiger partial charge in [0.2, 0.25) is 0 Å². The van der Waals surface area contributed by atoms with Gasteiger partial charge in [-0.25, -0.2) is 5.43 Å². The summed E-state index contributed by atoms with van der Waals surface area (Å²) in [7, 11) is -3.89. The molecule has 0 radical (unpaired) electrons. The van der Waals surface area contributed by atoms with Gasteiger partial charge in [0, 0.05) is 10.9 Å². The number of rotatable bonds is 7. The molecule has 0 aliphatic rings. The van der Waals surface area contributed by atoms with Gasteiger partial charge in [-0.3, -0.25) is 4.79 Å². The van der Waals surface area contributed by atoms with E-state index >= 15 is 0 Å². The second-order valence-electron chi connectivity index (χ2n) is 6.31. The van der Waals surface area contributed by atoms with Gasteiger partial charge >= 0.3 is 61.5 Å². The number of carboxylic acids is 1. The summed E-state index contributed by atoms with van der Waals surface area (Å²) < 4.78 is 28.9. The third kappa shape index (κ3) is 7.34. The SMILES string of the molecule is C/C(=N\NC(=O)c1ccc(C(=O)[O-])s1)c1scc(-c2ccc(Cl)c(Cl)c2)c1OS(C)(=O)=O.[K+]. The first-order valence-electron chi connectivity index (χ1n) is 8.59. The molecule has 14 heteroatoms. The molecule has 0 saturated heterocycles. The molecule has 1 N–H and O–H groups in total. The van der Waals surface area contributed by atoms with E-state index in [1.165, 1.54) is 12.1 Å². The number of hydrogen-bond donors (Lipinski definition) is 1. The monoisotopic (exact) mass is 570 g/mol. The van der Waals surface area contributed by atoms with Crippen molar-refractivity contribution in [1.29, 1.82) is 0 Å². The Morgan fingerprint density at radius 3 is 2.36 bits per heavy atom. The van der Waals surface area contributed by atoms with E-state index in [0.29, 0.717) is 21.0 Å². The number of halogens is 2. The first kappa shape index (κ1) is 28.4. The van der Waals surface area contributed by atoms with Crippen LogP contribution in [-0.4, -0.2) is 32.3 Å². The van der Waals surface area contributed by atoms with Crippen LogP contribution in [0.15, 0.2) is 40.8 Å². The Hall–Kier alpha value is -0.804. The molecule has 0 aliphatic heterocycles. The molecule has 168 valence electrons. The Morgan fingerprint density at radius 1 is 1.12 bits per heavy atom. The second-order valence-corrected chi connectivity index (χ2v) is 10.7. The number of carbonyl (C=O) groups is 2. The first-order chi connectivity index (χ1) is 15.0. The van der Waals surface area contributed by atoms with E-state index in [1.54, 1.807) is 30.5 Å². The summed E-state index contributed by atoms with van der Waals surface area (Å²) in [6.45, 7) is 1.56. The van der Waals surface area contributed by atoms with E-state index in [0.717, 1.165) is 28.9 Å². The van der Waals surface area contributed by atoms with Gasteiger partial charge in [0.1, 0.15) is 0 Å². The zero-order valence-electron chi connectivity index (χ0n) is 17.3. The minimum absolute atomic E-state index is 0. The number of nitrogens with zero attached hydrogens (tertiary/aromatic N) is 1. The average molecular weight is 572 g/mol. The molecule has 0 fully saturated rings. The van der Waals surface area contributed by atoms with Gasteiger partial charge in [-0.15, -0.1) is 22.7 Å². The molecule has 2 heterocycles. The predicted molar refractivity (Wildman–Crippen MR) is 124 cm³/mol. The van der Waals surface area contributed by atoms with E-state index in [9.17, 15) is 23.1 Å². The van der Waals surface area contributed by atoms with Crippen molar-refractivity contribution in [2.45, 2.75) is 6.92 Å². The van der Waals surface area contributed by atoms with E-state index < -0.39 is 22.0 Å². The Labute approximate surface area is 250 Å². The van der Waals surface area contributed by atoms with Crippen LogP contribution >= 0.6 is 45.9 Å². The minimum Gasteiger partial charge on any atom is -0.544 e. The van der Waals surface area contributed by atoms with Gasteiger partial charge in [0.15, 0.2) is 5.75 Å². The molecule has 3 aromatic rings. The maximum Gasteiger partial charge on any atom is 1.00 e. The summed E-state index contributed by atoms with van der Waals surface area (Å²) in [6.07, 6.45) is 0.910. The van der Waals surface area contributed by atoms with Crippen LogP contribution in [0.4, 0.5) is 0 Å². The second kappa shape index (κ2) is 11.8. The summed E-state index contributed by atoms with van der Waals surface area (Å²) >= 11 is 13.9. The standard InChI is InChI=1S/C19H14Cl2N2O6S3.K/c1-9(22-23-18(24)14-5-6-15(31-14)19(25)26)17-16(29-32(2,27)28)11(8-30-17)10-3-4-12(20)13(21)7-10;/h3-8H,1-2H3,(H,23,24)(H,25,26);/q;+1/p-1/b22-9+;. The molecular formula is C19H13Cl2KN2O6S3. The van der Waals surface area contributed by atoms with Crippen LogP contribution in [0.1, 0.15) is 31.1 Å². The Bertz CT molecular complexity index is 1350. The van der Waals surface area contributed by atoms with Crippen LogP contribution in [0.5, 0.6) is 5.75 Å². The molecule has 3 rings (SSSR count). The molecule has 1 amide bonds. The van der Waals surface area contributed by atoms with Gasteiger partial charge in [0.25, 0.3) is 5.91 Å². The summed E-state index contributed by atoms with van der Waals surface area (Å²) in [4.78, 5) is 23.5. The Morgan fingerprint density at radius 2 is 1.79 bits per heavy atom. The molecule has 0 saturated carbocycles. The third-order valence-corrected chi connectivity index (χ3v) is 7.24. The quantitative estimate of drug-likeness (QED) is 0.192. The maximum absolute atomic E-state index is 12.3. The molecule has 0 aliphatic carbocycles. The molecule has 1 aromatic carbocycles. The van der Waals surface area contributed by atoms with Crippen LogP contribution in [0.25, 0.3) is 11.1 Å². The summed E-state index contributed by atoms with van der Waals surface area (Å²) in [5.41, 5.74) is 3.61. The van der Waals surface area contributed by atoms with Gasteiger partial charge < -0.3 is 14.1 Å². The number of benzene rings is 1. The van der Waals surface area contributed by atoms with Crippen molar-refractivity contribution in [3.8, 4) is 16.9 Å². The number of nitrogens with one attached hydrogen (secondary N) is 1. The van der Waals surface area contributed by atoms with Crippen molar-refractivity contribution in [2.24, 2.45) is 5.10 Å². The van der Waals surface area contributed by atoms with Gasteiger partial charge in [-0.2, -0.15) is 13.5 Å². The van der Waals surface area contributed by atoms with E-state index in [4.69, 9.17) is 27.4 Å². The number of carbonyl (C=O) groups excluding carboxylic acids is 2. The Balaban J connectivity index is 0.00000385. The van der Waals surface area contributed by atoms with Crippen LogP contribution in [0.2, 0.25) is 10.0 Å². The van der Waals surface area contributed by atoms with Crippen molar-refractivity contribution < 1.29 is 78.7 Å². The average Bonchev–Trinajstić information content (AvgIpc) is 3.34. The molecule has 8 nitrogen and oxygen atoms in total. The number of amides is 1. The normalized spacial score (nSPS) is 11.6. The predicted octanol–water partition coefficient (Wildman–Crippen LogP) is 0.643. The molecule has 33 heavy (non-hydrogen) atoms. The molecule has 2 aromatic heterocycles. The Kier molecular flexibility index (Phi) is 10.1. The van der Waals surface area contributed by atoms with Crippen molar-refractivity contribution in [2.75, 3.05) is 6.26 Å². The fourth-order valence-corrected chi connectivity index (χ4v) is 5.01. The van der Waals surface area contributed by atoms with Gasteiger partial charge in [-0.1, -0.05) is 29.3 Å². The number of thiophene rings is 2. The van der Waals surface area contributed by atoms with Crippen LogP contribution in [0, 0.1) is 0 Å². The van der Waals surface area contributed by atoms with E-state index in [2.05, 4.69) is 10.5 Å². The van der Waals surface area contributed by atoms with E-state index in [1.807, 2.05) is 0 Å². The minimum atomic E-state index is -3.89. The number of aromatic carboxylic acids is 1. The number of hydrazone groups is 1. The summed E-state index contributed by atoms with van der Waals surface area (Å²) in [5, 5.41) is 17.2. The van der Waals surface area contributed by atoms with Crippen LogP contribution in [-0.2, 0) is 10.1 Å². The van der Waals surface area contributed by atoms with Crippen molar-refractivity contribution >= 4 is 73.6 Å². The first-order valence-corrected chi connectivity index (χ1v) is 12.9. The van der Waals surface area contributed by atoms with Crippen molar-refractivity contribution in [3.05, 3.63) is 60.4 Å². The van der Waals surface area contributed by atoms with Crippen LogP contribution in [0.3, 0.4) is 0 Å². The fourth-order valence-electron chi connectivity index (χ4n) is 2.50. The topological polar surface area (TPSA) is 125 Å². The summed E-state index contributed by atoms with van der Waals surface area (Å²) in [6, 6.07) is 7.40. The molecule has 0 unspecified atom stereocenters. The maximum atomic E-state index is 12.3. The molecule has 0 spiro atoms. The molecular weight excluding hydrogens is 558 g/mol. The van der Waals surface area contributed by atoms with Gasteiger partial charge in [0.05, 0.1) is 42.6 Å². The zero-order valence-corrected chi connectivity index (χ0v) is 24.4. The van der Waals surface area contributed by atoms with Crippen molar-refractivity contribution in [1.82, 2.24) is 5.43 Å². The molecule has 0 bridgehead atoms. The van der Waals surface area contributed by atoms with E-state index in [-0.39, 0.29) is 77.6 Å². The largest absolute Gasteiger partial charge is 1.00 e. The summed E-state index contributed by atoms with van der Waals surface area (Å²) in [5.74, 6) is -1.99. The number of hydrogen-bond acceptors (Lipinski definition) is 9. The van der Waals surface area contributed by atoms with Gasteiger partial charge in [-0.05, 0) is 36.8 Å². The number of carboxylic acid groups (broad SMARTS) is 1. The third-order valence-electron chi connectivity index (χ3n) is 3.90. The van der Waals surface area contributed by atoms with Crippen molar-refractivity contribution in [3.63, 3.8) is 0 Å². The fraction of sp³-hybridized carbons (Fsp3) is 0.105. The van der Waals surface area contributed by atoms with Crippen LogP contribution < -0.4 is 66.1 Å². The molecule has 0 atom stereocenters. The zero-order chi connectivity index (χ0) is 23.6. The smallest absolute Gasteiger partial charge is 0.544 e.